The molecule has 1 atom stereocenters. The van der Waals surface area contributed by atoms with Gasteiger partial charge in [-0.3, -0.25) is 0 Å². The molecule has 0 saturated carbocycles. The van der Waals surface area contributed by atoms with Crippen LogP contribution in [0.15, 0.2) is 24.3 Å². The van der Waals surface area contributed by atoms with Crippen molar-refractivity contribution in [2.24, 2.45) is 0 Å². The SMILES string of the molecule is CCCNC(C)c1cccc(NC(=O)NCC(F)F)c1. The van der Waals surface area contributed by atoms with Crippen LogP contribution in [-0.4, -0.2) is 25.5 Å². The van der Waals surface area contributed by atoms with Gasteiger partial charge in [0.05, 0.1) is 6.54 Å². The van der Waals surface area contributed by atoms with Crippen molar-refractivity contribution in [1.82, 2.24) is 10.6 Å². The quantitative estimate of drug-likeness (QED) is 0.721. The van der Waals surface area contributed by atoms with Gasteiger partial charge in [-0.25, -0.2) is 13.6 Å². The van der Waals surface area contributed by atoms with Crippen LogP contribution in [0.1, 0.15) is 31.9 Å². The van der Waals surface area contributed by atoms with Crippen molar-refractivity contribution in [3.8, 4) is 0 Å². The van der Waals surface area contributed by atoms with Crippen molar-refractivity contribution < 1.29 is 13.6 Å². The molecule has 1 unspecified atom stereocenters. The molecule has 3 N–H and O–H groups in total. The summed E-state index contributed by atoms with van der Waals surface area (Å²) in [7, 11) is 0. The molecule has 0 aliphatic rings. The number of carbonyl (C=O) groups is 1. The third-order valence-corrected chi connectivity index (χ3v) is 2.76. The first-order valence-electron chi connectivity index (χ1n) is 6.69. The number of urea groups is 1. The Hall–Kier alpha value is -1.69. The Morgan fingerprint density at radius 3 is 2.75 bits per heavy atom. The number of nitrogens with one attached hydrogen (secondary N) is 3. The topological polar surface area (TPSA) is 53.2 Å². The van der Waals surface area contributed by atoms with E-state index in [0.717, 1.165) is 18.5 Å². The minimum atomic E-state index is -2.55. The lowest BCUT2D eigenvalue weighted by molar-refractivity contribution is 0.148. The second kappa shape index (κ2) is 8.47. The molecule has 0 aliphatic carbocycles. The molecule has 2 amide bonds. The molecule has 1 aromatic rings. The second-order valence-electron chi connectivity index (χ2n) is 4.53. The zero-order valence-corrected chi connectivity index (χ0v) is 11.7. The van der Waals surface area contributed by atoms with Crippen LogP contribution in [0.2, 0.25) is 0 Å². The average molecular weight is 285 g/mol. The summed E-state index contributed by atoms with van der Waals surface area (Å²) in [6.45, 7) is 4.38. The number of rotatable bonds is 7. The van der Waals surface area contributed by atoms with Crippen molar-refractivity contribution >= 4 is 11.7 Å². The normalized spacial score (nSPS) is 12.2. The van der Waals surface area contributed by atoms with Crippen molar-refractivity contribution in [2.45, 2.75) is 32.7 Å². The van der Waals surface area contributed by atoms with Crippen molar-refractivity contribution in [3.05, 3.63) is 29.8 Å². The lowest BCUT2D eigenvalue weighted by atomic mass is 10.1. The molecule has 0 heterocycles. The van der Waals surface area contributed by atoms with Crippen LogP contribution >= 0.6 is 0 Å². The Kier molecular flexibility index (Phi) is 6.93. The highest BCUT2D eigenvalue weighted by atomic mass is 19.3. The molecule has 0 bridgehead atoms. The van der Waals surface area contributed by atoms with Gasteiger partial charge in [0.15, 0.2) is 0 Å². The Balaban J connectivity index is 2.56. The highest BCUT2D eigenvalue weighted by Gasteiger charge is 2.08. The molecule has 1 rings (SSSR count). The summed E-state index contributed by atoms with van der Waals surface area (Å²) in [4.78, 5) is 11.4. The van der Waals surface area contributed by atoms with Gasteiger partial charge >= 0.3 is 6.03 Å². The number of amides is 2. The highest BCUT2D eigenvalue weighted by molar-refractivity contribution is 5.89. The monoisotopic (exact) mass is 285 g/mol. The van der Waals surface area contributed by atoms with Crippen LogP contribution in [-0.2, 0) is 0 Å². The number of anilines is 1. The molecule has 0 spiro atoms. The number of hydrogen-bond acceptors (Lipinski definition) is 2. The van der Waals surface area contributed by atoms with Crippen LogP contribution in [0.5, 0.6) is 0 Å². The van der Waals surface area contributed by atoms with Gasteiger partial charge in [-0.2, -0.15) is 0 Å². The predicted molar refractivity (Wildman–Crippen MR) is 76.2 cm³/mol. The van der Waals surface area contributed by atoms with E-state index in [0.29, 0.717) is 5.69 Å². The minimum Gasteiger partial charge on any atom is -0.332 e. The molecule has 1 aromatic carbocycles. The van der Waals surface area contributed by atoms with Gasteiger partial charge < -0.3 is 16.0 Å². The van der Waals surface area contributed by atoms with Gasteiger partial charge in [0.25, 0.3) is 6.43 Å². The minimum absolute atomic E-state index is 0.167. The second-order valence-corrected chi connectivity index (χ2v) is 4.53. The molecule has 6 heteroatoms. The van der Waals surface area contributed by atoms with Crippen LogP contribution in [0.25, 0.3) is 0 Å². The maximum absolute atomic E-state index is 12.0. The van der Waals surface area contributed by atoms with Gasteiger partial charge in [-0.1, -0.05) is 19.1 Å². The van der Waals surface area contributed by atoms with Crippen molar-refractivity contribution in [1.29, 1.82) is 0 Å². The first kappa shape index (κ1) is 16.4. The van der Waals surface area contributed by atoms with Crippen molar-refractivity contribution in [2.75, 3.05) is 18.4 Å². The van der Waals surface area contributed by atoms with E-state index < -0.39 is 19.0 Å². The standard InChI is InChI=1S/C14H21F2N3O/c1-3-7-17-10(2)11-5-4-6-12(8-11)19-14(20)18-9-13(15)16/h4-6,8,10,13,17H,3,7,9H2,1-2H3,(H2,18,19,20). The number of halogens is 2. The zero-order valence-electron chi connectivity index (χ0n) is 11.7. The van der Waals surface area contributed by atoms with Crippen LogP contribution in [0.3, 0.4) is 0 Å². The maximum Gasteiger partial charge on any atom is 0.319 e. The predicted octanol–water partition coefficient (Wildman–Crippen LogP) is 3.13. The summed E-state index contributed by atoms with van der Waals surface area (Å²) in [6, 6.07) is 6.86. The van der Waals surface area contributed by atoms with Gasteiger partial charge in [0, 0.05) is 11.7 Å². The molecule has 0 radical (unpaired) electrons. The van der Waals surface area contributed by atoms with Crippen LogP contribution < -0.4 is 16.0 Å². The Bertz CT molecular complexity index is 427. The Labute approximate surface area is 117 Å². The fourth-order valence-corrected chi connectivity index (χ4v) is 1.71. The van der Waals surface area contributed by atoms with E-state index in [1.54, 1.807) is 6.07 Å². The average Bonchev–Trinajstić information content (AvgIpc) is 2.42. The van der Waals surface area contributed by atoms with Crippen LogP contribution in [0.4, 0.5) is 19.3 Å². The Morgan fingerprint density at radius 2 is 2.10 bits per heavy atom. The summed E-state index contributed by atoms with van der Waals surface area (Å²) in [6.07, 6.45) is -1.51. The van der Waals surface area contributed by atoms with E-state index >= 15 is 0 Å². The summed E-state index contributed by atoms with van der Waals surface area (Å²) >= 11 is 0. The molecule has 4 nitrogen and oxygen atoms in total. The van der Waals surface area contributed by atoms with E-state index in [2.05, 4.69) is 22.9 Å². The molecule has 20 heavy (non-hydrogen) atoms. The summed E-state index contributed by atoms with van der Waals surface area (Å²) in [5, 5.41) is 7.98. The van der Waals surface area contributed by atoms with Gasteiger partial charge in [0.2, 0.25) is 0 Å². The summed E-state index contributed by atoms with van der Waals surface area (Å²) in [5.41, 5.74) is 1.62. The van der Waals surface area contributed by atoms with Gasteiger partial charge in [-0.05, 0) is 37.6 Å². The van der Waals surface area contributed by atoms with E-state index in [-0.39, 0.29) is 6.04 Å². The number of hydrogen-bond donors (Lipinski definition) is 3. The highest BCUT2D eigenvalue weighted by Crippen LogP contribution is 2.17. The molecule has 0 aliphatic heterocycles. The lowest BCUT2D eigenvalue weighted by Gasteiger charge is -2.15. The zero-order chi connectivity index (χ0) is 15.0. The third-order valence-electron chi connectivity index (χ3n) is 2.76. The summed E-state index contributed by atoms with van der Waals surface area (Å²) < 4.78 is 23.9. The first-order chi connectivity index (χ1) is 9.52. The van der Waals surface area contributed by atoms with Crippen LogP contribution in [0, 0.1) is 0 Å². The molecular formula is C14H21F2N3O. The maximum atomic E-state index is 12.0. The van der Waals surface area contributed by atoms with Gasteiger partial charge in [-0.15, -0.1) is 0 Å². The van der Waals surface area contributed by atoms with Crippen molar-refractivity contribution in [3.63, 3.8) is 0 Å². The van der Waals surface area contributed by atoms with Gasteiger partial charge in [0.1, 0.15) is 0 Å². The molecule has 0 saturated heterocycles. The third kappa shape index (κ3) is 5.97. The van der Waals surface area contributed by atoms with E-state index in [1.807, 2.05) is 25.1 Å². The molecule has 0 fully saturated rings. The fourth-order valence-electron chi connectivity index (χ4n) is 1.71. The Morgan fingerprint density at radius 1 is 1.35 bits per heavy atom. The van der Waals surface area contributed by atoms with E-state index in [9.17, 15) is 13.6 Å². The largest absolute Gasteiger partial charge is 0.332 e. The van der Waals surface area contributed by atoms with E-state index in [4.69, 9.17) is 0 Å². The number of alkyl halides is 2. The fraction of sp³-hybridized carbons (Fsp3) is 0.500. The smallest absolute Gasteiger partial charge is 0.319 e. The summed E-state index contributed by atoms with van der Waals surface area (Å²) in [5.74, 6) is 0. The molecular weight excluding hydrogens is 264 g/mol. The first-order valence-corrected chi connectivity index (χ1v) is 6.69. The number of benzene rings is 1. The molecule has 0 aromatic heterocycles. The lowest BCUT2D eigenvalue weighted by Crippen LogP contribution is -2.32. The molecule has 112 valence electrons. The van der Waals surface area contributed by atoms with E-state index in [1.165, 1.54) is 0 Å². The number of carbonyl (C=O) groups excluding carboxylic acids is 1.